The lowest BCUT2D eigenvalue weighted by Gasteiger charge is -2.36. The number of Topliss-reactive ketones (excluding diaryl/α,β-unsaturated/α-hetero) is 1. The summed E-state index contributed by atoms with van der Waals surface area (Å²) in [6, 6.07) is 29.6. The molecule has 34 heavy (non-hydrogen) atoms. The van der Waals surface area contributed by atoms with E-state index in [1.807, 2.05) is 85.8 Å². The molecule has 4 nitrogen and oxygen atoms in total. The van der Waals surface area contributed by atoms with Gasteiger partial charge < -0.3 is 10.1 Å². The van der Waals surface area contributed by atoms with E-state index in [0.29, 0.717) is 17.6 Å². The first kappa shape index (κ1) is 21.9. The van der Waals surface area contributed by atoms with Gasteiger partial charge in [-0.05, 0) is 36.0 Å². The number of dihydropyridines is 1. The summed E-state index contributed by atoms with van der Waals surface area (Å²) in [5.74, 6) is -0.634. The van der Waals surface area contributed by atoms with Crippen LogP contribution in [-0.2, 0) is 20.9 Å². The maximum atomic E-state index is 13.6. The van der Waals surface area contributed by atoms with E-state index in [0.717, 1.165) is 34.5 Å². The number of hydrogen-bond acceptors (Lipinski definition) is 4. The van der Waals surface area contributed by atoms with Crippen LogP contribution in [0.4, 0.5) is 0 Å². The standard InChI is InChI=1S/C30H27NO3/c1-20-27(30(33)34-19-21-11-5-2-6-12-21)28(23-15-9-4-10-16-23)29-25(31-20)17-24(18-26(29)32)22-13-7-3-8-14-22/h2-16,24,28,31H,17-19H2,1H3/t24-,28+/m1/s1. The van der Waals surface area contributed by atoms with E-state index in [4.69, 9.17) is 4.74 Å². The molecule has 2 atom stereocenters. The van der Waals surface area contributed by atoms with Crippen molar-refractivity contribution in [2.75, 3.05) is 0 Å². The average Bonchev–Trinajstić information content (AvgIpc) is 2.88. The van der Waals surface area contributed by atoms with Gasteiger partial charge in [-0.3, -0.25) is 4.79 Å². The van der Waals surface area contributed by atoms with Gasteiger partial charge in [0, 0.05) is 29.3 Å². The largest absolute Gasteiger partial charge is 0.457 e. The Hall–Kier alpha value is -3.92. The number of carbonyl (C=O) groups is 2. The van der Waals surface area contributed by atoms with Gasteiger partial charge in [-0.15, -0.1) is 0 Å². The van der Waals surface area contributed by atoms with Crippen molar-refractivity contribution in [1.82, 2.24) is 5.32 Å². The number of rotatable bonds is 5. The molecule has 1 aliphatic carbocycles. The fraction of sp³-hybridized carbons (Fsp3) is 0.200. The predicted molar refractivity (Wildman–Crippen MR) is 132 cm³/mol. The van der Waals surface area contributed by atoms with Crippen LogP contribution in [0.3, 0.4) is 0 Å². The molecule has 170 valence electrons. The molecular weight excluding hydrogens is 422 g/mol. The number of carbonyl (C=O) groups excluding carboxylic acids is 2. The van der Waals surface area contributed by atoms with Crippen LogP contribution >= 0.6 is 0 Å². The van der Waals surface area contributed by atoms with Gasteiger partial charge in [0.1, 0.15) is 6.61 Å². The molecule has 0 radical (unpaired) electrons. The minimum Gasteiger partial charge on any atom is -0.457 e. The predicted octanol–water partition coefficient (Wildman–Crippen LogP) is 5.79. The van der Waals surface area contributed by atoms with Crippen LogP contribution in [0.2, 0.25) is 0 Å². The van der Waals surface area contributed by atoms with E-state index in [1.54, 1.807) is 0 Å². The Kier molecular flexibility index (Phi) is 6.13. The number of nitrogens with one attached hydrogen (secondary N) is 1. The molecular formula is C30H27NO3. The van der Waals surface area contributed by atoms with Gasteiger partial charge in [0.05, 0.1) is 5.57 Å². The zero-order chi connectivity index (χ0) is 23.5. The molecule has 0 bridgehead atoms. The number of ether oxygens (including phenoxy) is 1. The van der Waals surface area contributed by atoms with E-state index >= 15 is 0 Å². The van der Waals surface area contributed by atoms with Gasteiger partial charge in [-0.25, -0.2) is 4.79 Å². The van der Waals surface area contributed by atoms with Crippen molar-refractivity contribution in [3.8, 4) is 0 Å². The number of benzene rings is 3. The summed E-state index contributed by atoms with van der Waals surface area (Å²) in [7, 11) is 0. The summed E-state index contributed by atoms with van der Waals surface area (Å²) in [5, 5.41) is 3.41. The Bertz CT molecular complexity index is 1260. The zero-order valence-corrected chi connectivity index (χ0v) is 19.2. The highest BCUT2D eigenvalue weighted by atomic mass is 16.5. The minimum absolute atomic E-state index is 0.0808. The smallest absolute Gasteiger partial charge is 0.337 e. The Morgan fingerprint density at radius 3 is 2.09 bits per heavy atom. The molecule has 0 saturated carbocycles. The third-order valence-electron chi connectivity index (χ3n) is 6.66. The van der Waals surface area contributed by atoms with Gasteiger partial charge in [0.15, 0.2) is 5.78 Å². The second-order valence-electron chi connectivity index (χ2n) is 8.90. The first-order valence-electron chi connectivity index (χ1n) is 11.7. The molecule has 0 amide bonds. The molecule has 1 aliphatic heterocycles. The monoisotopic (exact) mass is 449 g/mol. The summed E-state index contributed by atoms with van der Waals surface area (Å²) in [4.78, 5) is 27.0. The van der Waals surface area contributed by atoms with Gasteiger partial charge in [0.25, 0.3) is 0 Å². The van der Waals surface area contributed by atoms with Crippen molar-refractivity contribution >= 4 is 11.8 Å². The Morgan fingerprint density at radius 2 is 1.44 bits per heavy atom. The second kappa shape index (κ2) is 9.52. The van der Waals surface area contributed by atoms with E-state index < -0.39 is 11.9 Å². The second-order valence-corrected chi connectivity index (χ2v) is 8.90. The normalized spacial score (nSPS) is 20.0. The van der Waals surface area contributed by atoms with Crippen molar-refractivity contribution in [2.24, 2.45) is 0 Å². The van der Waals surface area contributed by atoms with Crippen molar-refractivity contribution < 1.29 is 14.3 Å². The highest BCUT2D eigenvalue weighted by molar-refractivity contribution is 6.04. The topological polar surface area (TPSA) is 55.4 Å². The Morgan fingerprint density at radius 1 is 0.853 bits per heavy atom. The first-order valence-corrected chi connectivity index (χ1v) is 11.7. The SMILES string of the molecule is CC1=C(C(=O)OCc2ccccc2)[C@H](c2ccccc2)C2=C(C[C@@H](c3ccccc3)CC2=O)N1. The van der Waals surface area contributed by atoms with Gasteiger partial charge >= 0.3 is 5.97 Å². The van der Waals surface area contributed by atoms with Gasteiger partial charge in [-0.1, -0.05) is 91.0 Å². The summed E-state index contributed by atoms with van der Waals surface area (Å²) in [5.41, 5.74) is 5.86. The molecule has 0 unspecified atom stereocenters. The number of allylic oxidation sites excluding steroid dienone is 3. The fourth-order valence-electron chi connectivity index (χ4n) is 5.05. The molecule has 0 saturated heterocycles. The molecule has 1 N–H and O–H groups in total. The van der Waals surface area contributed by atoms with Crippen molar-refractivity contribution in [3.63, 3.8) is 0 Å². The lowest BCUT2D eigenvalue weighted by Crippen LogP contribution is -2.36. The molecule has 4 heteroatoms. The summed E-state index contributed by atoms with van der Waals surface area (Å²) in [6.07, 6.45) is 1.16. The Labute approximate surface area is 200 Å². The number of ketones is 1. The average molecular weight is 450 g/mol. The first-order chi connectivity index (χ1) is 16.6. The molecule has 0 spiro atoms. The number of esters is 1. The molecule has 0 aromatic heterocycles. The van der Waals surface area contributed by atoms with E-state index in [9.17, 15) is 9.59 Å². The molecule has 3 aromatic rings. The minimum atomic E-state index is -0.440. The molecule has 0 fully saturated rings. The van der Waals surface area contributed by atoms with E-state index in [1.165, 1.54) is 0 Å². The third kappa shape index (κ3) is 4.32. The van der Waals surface area contributed by atoms with Crippen LogP contribution in [0.5, 0.6) is 0 Å². The van der Waals surface area contributed by atoms with E-state index in [-0.39, 0.29) is 18.3 Å². The third-order valence-corrected chi connectivity index (χ3v) is 6.66. The molecule has 1 heterocycles. The van der Waals surface area contributed by atoms with Crippen molar-refractivity contribution in [1.29, 1.82) is 0 Å². The summed E-state index contributed by atoms with van der Waals surface area (Å²) >= 11 is 0. The van der Waals surface area contributed by atoms with Crippen LogP contribution in [-0.4, -0.2) is 11.8 Å². The Balaban J connectivity index is 1.50. The van der Waals surface area contributed by atoms with Gasteiger partial charge in [0.2, 0.25) is 0 Å². The number of hydrogen-bond donors (Lipinski definition) is 1. The highest BCUT2D eigenvalue weighted by Crippen LogP contribution is 2.45. The van der Waals surface area contributed by atoms with E-state index in [2.05, 4.69) is 17.4 Å². The molecule has 2 aliphatic rings. The quantitative estimate of drug-likeness (QED) is 0.501. The maximum absolute atomic E-state index is 13.6. The van der Waals surface area contributed by atoms with Crippen LogP contribution in [0.25, 0.3) is 0 Å². The van der Waals surface area contributed by atoms with Crippen LogP contribution in [0.1, 0.15) is 48.3 Å². The lowest BCUT2D eigenvalue weighted by molar-refractivity contribution is -0.140. The van der Waals surface area contributed by atoms with Crippen molar-refractivity contribution in [2.45, 2.75) is 38.2 Å². The highest BCUT2D eigenvalue weighted by Gasteiger charge is 2.41. The van der Waals surface area contributed by atoms with Crippen molar-refractivity contribution in [3.05, 3.63) is 130 Å². The molecule has 5 rings (SSSR count). The lowest BCUT2D eigenvalue weighted by atomic mass is 9.72. The molecule has 3 aromatic carbocycles. The maximum Gasteiger partial charge on any atom is 0.337 e. The summed E-state index contributed by atoms with van der Waals surface area (Å²) < 4.78 is 5.72. The van der Waals surface area contributed by atoms with Crippen LogP contribution in [0, 0.1) is 0 Å². The van der Waals surface area contributed by atoms with Gasteiger partial charge in [-0.2, -0.15) is 0 Å². The summed E-state index contributed by atoms with van der Waals surface area (Å²) in [6.45, 7) is 2.09. The van der Waals surface area contributed by atoms with Crippen LogP contribution in [0.15, 0.2) is 114 Å². The zero-order valence-electron chi connectivity index (χ0n) is 19.2. The fourth-order valence-corrected chi connectivity index (χ4v) is 5.05. The van der Waals surface area contributed by atoms with Crippen LogP contribution < -0.4 is 5.32 Å².